The smallest absolute Gasteiger partial charge is 0.325 e. The minimum Gasteiger partial charge on any atom is -0.325 e. The summed E-state index contributed by atoms with van der Waals surface area (Å²) in [7, 11) is 2.72. The molecule has 0 aliphatic heterocycles. The second kappa shape index (κ2) is 9.57. The average molecular weight is 519 g/mol. The van der Waals surface area contributed by atoms with E-state index >= 15 is 0 Å². The molecule has 13 heteroatoms. The Hall–Kier alpha value is -4.00. The summed E-state index contributed by atoms with van der Waals surface area (Å²) in [5.74, 6) is -1.18. The fourth-order valence-electron chi connectivity index (χ4n) is 3.33. The number of hydrogen-bond donors (Lipinski definition) is 1. The van der Waals surface area contributed by atoms with Crippen LogP contribution in [0, 0.1) is 5.82 Å². The number of nitrogens with one attached hydrogen (secondary N) is 1. The van der Waals surface area contributed by atoms with Crippen LogP contribution < -0.4 is 16.6 Å². The van der Waals surface area contributed by atoms with Crippen molar-refractivity contribution >= 4 is 34.4 Å². The molecule has 0 radical (unpaired) electrons. The van der Waals surface area contributed by atoms with Crippen molar-refractivity contribution in [1.29, 1.82) is 0 Å². The first kappa shape index (κ1) is 25.1. The Labute approximate surface area is 204 Å². The number of nitrogens with zero attached hydrogens (tertiary/aromatic N) is 4. The molecular formula is C23H17F4N5O3S. The lowest BCUT2D eigenvalue weighted by atomic mass is 10.2. The summed E-state index contributed by atoms with van der Waals surface area (Å²) >= 11 is 0.888. The first-order valence-electron chi connectivity index (χ1n) is 10.3. The molecule has 0 aliphatic rings. The molecule has 36 heavy (non-hydrogen) atoms. The number of halogens is 4. The van der Waals surface area contributed by atoms with Crippen molar-refractivity contribution in [2.75, 3.05) is 11.1 Å². The van der Waals surface area contributed by atoms with Crippen molar-refractivity contribution in [3.05, 3.63) is 80.7 Å². The summed E-state index contributed by atoms with van der Waals surface area (Å²) in [6, 6.07) is 9.22. The van der Waals surface area contributed by atoms with E-state index in [1.54, 1.807) is 0 Å². The molecule has 1 N–H and O–H groups in total. The molecule has 0 spiro atoms. The molecule has 0 unspecified atom stereocenters. The topological polar surface area (TPSA) is 98.9 Å². The van der Waals surface area contributed by atoms with Gasteiger partial charge in [-0.2, -0.15) is 13.2 Å². The van der Waals surface area contributed by atoms with E-state index in [1.165, 1.54) is 38.4 Å². The molecule has 0 saturated heterocycles. The summed E-state index contributed by atoms with van der Waals surface area (Å²) < 4.78 is 53.6. The molecule has 0 fully saturated rings. The van der Waals surface area contributed by atoms with Gasteiger partial charge in [0.1, 0.15) is 16.2 Å². The molecule has 4 rings (SSSR count). The highest BCUT2D eigenvalue weighted by molar-refractivity contribution is 8.00. The largest absolute Gasteiger partial charge is 0.416 e. The maximum Gasteiger partial charge on any atom is 0.416 e. The van der Waals surface area contributed by atoms with Gasteiger partial charge >= 0.3 is 11.9 Å². The fraction of sp³-hybridized carbons (Fsp3) is 0.174. The zero-order chi connectivity index (χ0) is 26.2. The van der Waals surface area contributed by atoms with Gasteiger partial charge in [-0.25, -0.2) is 19.2 Å². The second-order valence-electron chi connectivity index (χ2n) is 7.68. The van der Waals surface area contributed by atoms with E-state index in [0.29, 0.717) is 5.56 Å². The zero-order valence-corrected chi connectivity index (χ0v) is 19.6. The number of amides is 1. The number of benzene rings is 2. The monoisotopic (exact) mass is 519 g/mol. The normalized spacial score (nSPS) is 11.6. The van der Waals surface area contributed by atoms with Crippen LogP contribution >= 0.6 is 11.8 Å². The number of carbonyl (C=O) groups is 1. The van der Waals surface area contributed by atoms with Gasteiger partial charge in [-0.15, -0.1) is 0 Å². The summed E-state index contributed by atoms with van der Waals surface area (Å²) in [5, 5.41) is 2.61. The minimum absolute atomic E-state index is 0.0118. The van der Waals surface area contributed by atoms with Gasteiger partial charge in [0.2, 0.25) is 5.91 Å². The first-order valence-corrected chi connectivity index (χ1v) is 11.3. The van der Waals surface area contributed by atoms with Crippen LogP contribution in [0.5, 0.6) is 0 Å². The number of aromatic nitrogens is 4. The number of thioether (sulfide) groups is 1. The van der Waals surface area contributed by atoms with E-state index in [0.717, 1.165) is 45.2 Å². The van der Waals surface area contributed by atoms with Crippen LogP contribution in [0.1, 0.15) is 5.56 Å². The van der Waals surface area contributed by atoms with Crippen molar-refractivity contribution in [2.45, 2.75) is 11.2 Å². The molecule has 0 atom stereocenters. The van der Waals surface area contributed by atoms with Crippen molar-refractivity contribution in [3.63, 3.8) is 0 Å². The SMILES string of the molecule is Cn1c(=O)c2c(SCC(=O)Nc3ccc(C(F)(F)F)cc3)nc(-c3ccc(F)cc3)nc2n(C)c1=O. The van der Waals surface area contributed by atoms with Crippen LogP contribution in [0.4, 0.5) is 23.2 Å². The molecule has 0 saturated carbocycles. The number of carbonyl (C=O) groups excluding carboxylic acids is 1. The highest BCUT2D eigenvalue weighted by Crippen LogP contribution is 2.30. The Kier molecular flexibility index (Phi) is 6.67. The first-order chi connectivity index (χ1) is 17.0. The van der Waals surface area contributed by atoms with Crippen LogP contribution in [0.2, 0.25) is 0 Å². The Bertz CT molecular complexity index is 1580. The number of anilines is 1. The zero-order valence-electron chi connectivity index (χ0n) is 18.8. The van der Waals surface area contributed by atoms with Gasteiger partial charge in [0.05, 0.1) is 11.3 Å². The molecule has 186 valence electrons. The maximum atomic E-state index is 13.4. The van der Waals surface area contributed by atoms with Crippen LogP contribution in [0.3, 0.4) is 0 Å². The van der Waals surface area contributed by atoms with Crippen LogP contribution in [-0.2, 0) is 25.1 Å². The molecule has 2 aromatic carbocycles. The van der Waals surface area contributed by atoms with Gasteiger partial charge in [0.15, 0.2) is 11.5 Å². The third-order valence-electron chi connectivity index (χ3n) is 5.21. The van der Waals surface area contributed by atoms with E-state index in [9.17, 15) is 31.9 Å². The molecular weight excluding hydrogens is 502 g/mol. The van der Waals surface area contributed by atoms with Gasteiger partial charge in [-0.05, 0) is 48.5 Å². The predicted molar refractivity (Wildman–Crippen MR) is 126 cm³/mol. The van der Waals surface area contributed by atoms with E-state index in [2.05, 4.69) is 15.3 Å². The third-order valence-corrected chi connectivity index (χ3v) is 6.18. The lowest BCUT2D eigenvalue weighted by Gasteiger charge is -2.12. The van der Waals surface area contributed by atoms with Gasteiger partial charge in [0.25, 0.3) is 5.56 Å². The summed E-state index contributed by atoms with van der Waals surface area (Å²) in [6.07, 6.45) is -4.50. The van der Waals surface area contributed by atoms with E-state index < -0.39 is 34.7 Å². The average Bonchev–Trinajstić information content (AvgIpc) is 2.84. The van der Waals surface area contributed by atoms with E-state index in [-0.39, 0.29) is 33.3 Å². The van der Waals surface area contributed by atoms with Crippen LogP contribution in [-0.4, -0.2) is 30.8 Å². The van der Waals surface area contributed by atoms with E-state index in [4.69, 9.17) is 0 Å². The molecule has 2 aromatic heterocycles. The Morgan fingerprint density at radius 2 is 1.61 bits per heavy atom. The van der Waals surface area contributed by atoms with Gasteiger partial charge in [0, 0.05) is 25.3 Å². The second-order valence-corrected chi connectivity index (χ2v) is 8.64. The standard InChI is InChI=1S/C23H17F4N5O3S/c1-31-19-17(21(34)32(2)22(31)35)20(30-18(29-19)12-3-7-14(24)8-4-12)36-11-16(33)28-15-9-5-13(6-10-15)23(25,26)27/h3-10H,11H2,1-2H3,(H,28,33). The number of fused-ring (bicyclic) bond motifs is 1. The summed E-state index contributed by atoms with van der Waals surface area (Å²) in [5.41, 5.74) is -1.52. The molecule has 8 nitrogen and oxygen atoms in total. The van der Waals surface area contributed by atoms with Crippen molar-refractivity contribution in [1.82, 2.24) is 19.1 Å². The summed E-state index contributed by atoms with van der Waals surface area (Å²) in [4.78, 5) is 46.5. The number of rotatable bonds is 5. The van der Waals surface area contributed by atoms with Crippen molar-refractivity contribution in [3.8, 4) is 11.4 Å². The highest BCUT2D eigenvalue weighted by atomic mass is 32.2. The maximum absolute atomic E-state index is 13.4. The molecule has 4 aromatic rings. The Balaban J connectivity index is 1.68. The number of alkyl halides is 3. The minimum atomic E-state index is -4.50. The molecule has 0 aliphatic carbocycles. The van der Waals surface area contributed by atoms with Crippen molar-refractivity contribution < 1.29 is 22.4 Å². The molecule has 0 bridgehead atoms. The highest BCUT2D eigenvalue weighted by Gasteiger charge is 2.30. The van der Waals surface area contributed by atoms with Gasteiger partial charge in [-0.1, -0.05) is 11.8 Å². The molecule has 2 heterocycles. The van der Waals surface area contributed by atoms with Crippen LogP contribution in [0.25, 0.3) is 22.4 Å². The van der Waals surface area contributed by atoms with Crippen molar-refractivity contribution in [2.24, 2.45) is 14.1 Å². The quantitative estimate of drug-likeness (QED) is 0.246. The number of hydrogen-bond acceptors (Lipinski definition) is 6. The van der Waals surface area contributed by atoms with E-state index in [1.807, 2.05) is 0 Å². The van der Waals surface area contributed by atoms with Crippen LogP contribution in [0.15, 0.2) is 63.1 Å². The summed E-state index contributed by atoms with van der Waals surface area (Å²) in [6.45, 7) is 0. The lowest BCUT2D eigenvalue weighted by molar-refractivity contribution is -0.137. The van der Waals surface area contributed by atoms with Gasteiger partial charge in [-0.3, -0.25) is 18.7 Å². The number of aryl methyl sites for hydroxylation is 1. The van der Waals surface area contributed by atoms with Gasteiger partial charge < -0.3 is 5.32 Å². The third kappa shape index (κ3) is 5.00. The predicted octanol–water partition coefficient (Wildman–Crippen LogP) is 3.58. The Morgan fingerprint density at radius 3 is 2.22 bits per heavy atom. The fourth-order valence-corrected chi connectivity index (χ4v) is 4.15. The molecule has 1 amide bonds. The Morgan fingerprint density at radius 1 is 0.972 bits per heavy atom. The lowest BCUT2D eigenvalue weighted by Crippen LogP contribution is -2.37.